The molecule has 0 saturated carbocycles. The topological polar surface area (TPSA) is 23.5 Å². The Morgan fingerprint density at radius 3 is 2.65 bits per heavy atom. The molecule has 0 aromatic heterocycles. The molecule has 1 aromatic rings. The van der Waals surface area contributed by atoms with Crippen LogP contribution in [0.25, 0.3) is 0 Å². The molecule has 0 spiro atoms. The van der Waals surface area contributed by atoms with Gasteiger partial charge in [0.2, 0.25) is 0 Å². The van der Waals surface area contributed by atoms with Gasteiger partial charge in [-0.3, -0.25) is 0 Å². The van der Waals surface area contributed by atoms with E-state index in [2.05, 4.69) is 24.0 Å². The largest absolute Gasteiger partial charge is 0.389 e. The van der Waals surface area contributed by atoms with Gasteiger partial charge in [0.05, 0.1) is 6.10 Å². The molecule has 2 heteroatoms. The fourth-order valence-electron chi connectivity index (χ4n) is 2.67. The third-order valence-corrected chi connectivity index (χ3v) is 3.72. The summed E-state index contributed by atoms with van der Waals surface area (Å²) < 4.78 is 0. The Labute approximate surface area is 104 Å². The molecule has 2 nitrogen and oxygen atoms in total. The number of hydrogen-bond acceptors (Lipinski definition) is 2. The average molecular weight is 233 g/mol. The summed E-state index contributed by atoms with van der Waals surface area (Å²) in [6, 6.07) is 8.34. The highest BCUT2D eigenvalue weighted by molar-refractivity contribution is 5.48. The van der Waals surface area contributed by atoms with Gasteiger partial charge in [-0.25, -0.2) is 0 Å². The molecule has 0 amide bonds. The highest BCUT2D eigenvalue weighted by atomic mass is 16.3. The van der Waals surface area contributed by atoms with E-state index in [1.165, 1.54) is 38.0 Å². The monoisotopic (exact) mass is 233 g/mol. The first-order valence-corrected chi connectivity index (χ1v) is 6.73. The maximum absolute atomic E-state index is 9.48. The number of benzene rings is 1. The van der Waals surface area contributed by atoms with E-state index in [0.717, 1.165) is 11.5 Å². The number of hydrogen-bond donors (Lipinski definition) is 1. The van der Waals surface area contributed by atoms with E-state index in [4.69, 9.17) is 0 Å². The van der Waals surface area contributed by atoms with E-state index in [1.807, 2.05) is 19.1 Å². The average Bonchev–Trinajstić information content (AvgIpc) is 2.78. The molecule has 1 heterocycles. The summed E-state index contributed by atoms with van der Waals surface area (Å²) in [6.07, 6.45) is 3.60. The van der Waals surface area contributed by atoms with E-state index in [0.29, 0.717) is 0 Å². The molecule has 94 valence electrons. The normalized spacial score (nSPS) is 21.8. The Bertz CT molecular complexity index is 344. The molecule has 1 N–H and O–H groups in total. The Kier molecular flexibility index (Phi) is 4.06. The van der Waals surface area contributed by atoms with Gasteiger partial charge >= 0.3 is 0 Å². The van der Waals surface area contributed by atoms with E-state index in [1.54, 1.807) is 0 Å². The maximum atomic E-state index is 9.48. The number of nitrogens with zero attached hydrogens (tertiary/aromatic N) is 1. The van der Waals surface area contributed by atoms with Gasteiger partial charge in [-0.2, -0.15) is 0 Å². The summed E-state index contributed by atoms with van der Waals surface area (Å²) in [5.74, 6) is 0.872. The summed E-state index contributed by atoms with van der Waals surface area (Å²) in [7, 11) is 0. The molecule has 1 aliphatic rings. The molecule has 2 rings (SSSR count). The van der Waals surface area contributed by atoms with Crippen molar-refractivity contribution in [3.63, 3.8) is 0 Å². The van der Waals surface area contributed by atoms with Crippen molar-refractivity contribution in [1.82, 2.24) is 0 Å². The summed E-state index contributed by atoms with van der Waals surface area (Å²) >= 11 is 0. The maximum Gasteiger partial charge on any atom is 0.0761 e. The van der Waals surface area contributed by atoms with Crippen molar-refractivity contribution in [2.24, 2.45) is 5.92 Å². The zero-order valence-electron chi connectivity index (χ0n) is 10.9. The Balaban J connectivity index is 1.99. The van der Waals surface area contributed by atoms with Crippen molar-refractivity contribution in [3.05, 3.63) is 29.8 Å². The van der Waals surface area contributed by atoms with E-state index >= 15 is 0 Å². The second-order valence-electron chi connectivity index (χ2n) is 5.16. The lowest BCUT2D eigenvalue weighted by Crippen LogP contribution is -2.19. The summed E-state index contributed by atoms with van der Waals surface area (Å²) in [6.45, 7) is 6.45. The minimum Gasteiger partial charge on any atom is -0.389 e. The molecule has 1 aromatic carbocycles. The van der Waals surface area contributed by atoms with Crippen LogP contribution in [0.15, 0.2) is 24.3 Å². The fraction of sp³-hybridized carbons (Fsp3) is 0.600. The van der Waals surface area contributed by atoms with Crippen LogP contribution in [0.2, 0.25) is 0 Å². The van der Waals surface area contributed by atoms with Gasteiger partial charge in [-0.1, -0.05) is 25.5 Å². The molecule has 0 radical (unpaired) electrons. The van der Waals surface area contributed by atoms with E-state index < -0.39 is 0 Å². The molecule has 0 aliphatic carbocycles. The van der Waals surface area contributed by atoms with Crippen molar-refractivity contribution in [3.8, 4) is 0 Å². The van der Waals surface area contributed by atoms with Crippen LogP contribution in [-0.2, 0) is 0 Å². The predicted octanol–water partition coefficient (Wildman–Crippen LogP) is 3.37. The van der Waals surface area contributed by atoms with Crippen LogP contribution in [-0.4, -0.2) is 18.2 Å². The lowest BCUT2D eigenvalue weighted by Gasteiger charge is -2.19. The molecular formula is C15H23NO. The van der Waals surface area contributed by atoms with Crippen LogP contribution < -0.4 is 4.90 Å². The summed E-state index contributed by atoms with van der Waals surface area (Å²) in [5.41, 5.74) is 2.30. The predicted molar refractivity (Wildman–Crippen MR) is 72.3 cm³/mol. The minimum absolute atomic E-state index is 0.365. The highest BCUT2D eigenvalue weighted by Gasteiger charge is 2.21. The first-order valence-electron chi connectivity index (χ1n) is 6.73. The molecule has 1 saturated heterocycles. The first kappa shape index (κ1) is 12.4. The van der Waals surface area contributed by atoms with Gasteiger partial charge in [-0.15, -0.1) is 0 Å². The third kappa shape index (κ3) is 3.01. The zero-order chi connectivity index (χ0) is 12.3. The van der Waals surface area contributed by atoms with Crippen LogP contribution >= 0.6 is 0 Å². The second-order valence-corrected chi connectivity index (χ2v) is 5.16. The molecule has 1 unspecified atom stereocenters. The van der Waals surface area contributed by atoms with Gasteiger partial charge in [0.1, 0.15) is 0 Å². The number of rotatable bonds is 4. The third-order valence-electron chi connectivity index (χ3n) is 3.72. The van der Waals surface area contributed by atoms with Crippen molar-refractivity contribution in [2.75, 3.05) is 18.0 Å². The molecule has 1 fully saturated rings. The second kappa shape index (κ2) is 5.54. The Hall–Kier alpha value is -1.02. The van der Waals surface area contributed by atoms with Crippen molar-refractivity contribution < 1.29 is 5.11 Å². The molecule has 0 bridgehead atoms. The quantitative estimate of drug-likeness (QED) is 0.862. The summed E-state index contributed by atoms with van der Waals surface area (Å²) in [4.78, 5) is 2.46. The molecular weight excluding hydrogens is 210 g/mol. The van der Waals surface area contributed by atoms with E-state index in [9.17, 15) is 5.11 Å². The molecule has 1 aliphatic heterocycles. The number of anilines is 1. The van der Waals surface area contributed by atoms with Gasteiger partial charge in [-0.05, 0) is 43.4 Å². The smallest absolute Gasteiger partial charge is 0.0761 e. The van der Waals surface area contributed by atoms with Crippen molar-refractivity contribution in [1.29, 1.82) is 0 Å². The standard InChI is InChI=1S/C15H23NO/c1-3-4-13-9-10-16(11-13)15-7-5-14(6-8-15)12(2)17/h5-8,12-13,17H,3-4,9-11H2,1-2H3/t12-,13?/m1/s1. The Morgan fingerprint density at radius 2 is 2.06 bits per heavy atom. The van der Waals surface area contributed by atoms with Crippen LogP contribution in [0, 0.1) is 5.92 Å². The highest BCUT2D eigenvalue weighted by Crippen LogP contribution is 2.27. The van der Waals surface area contributed by atoms with Gasteiger partial charge in [0, 0.05) is 18.8 Å². The van der Waals surface area contributed by atoms with Gasteiger partial charge in [0.25, 0.3) is 0 Å². The van der Waals surface area contributed by atoms with Crippen molar-refractivity contribution in [2.45, 2.75) is 39.2 Å². The molecule has 2 atom stereocenters. The Morgan fingerprint density at radius 1 is 1.35 bits per heavy atom. The van der Waals surface area contributed by atoms with Crippen LogP contribution in [0.1, 0.15) is 44.8 Å². The van der Waals surface area contributed by atoms with Gasteiger partial charge in [0.15, 0.2) is 0 Å². The first-order chi connectivity index (χ1) is 8.20. The number of aliphatic hydroxyl groups is 1. The number of aliphatic hydroxyl groups excluding tert-OH is 1. The molecule has 17 heavy (non-hydrogen) atoms. The zero-order valence-corrected chi connectivity index (χ0v) is 10.9. The lowest BCUT2D eigenvalue weighted by molar-refractivity contribution is 0.199. The van der Waals surface area contributed by atoms with Crippen molar-refractivity contribution >= 4 is 5.69 Å². The van der Waals surface area contributed by atoms with Crippen LogP contribution in [0.5, 0.6) is 0 Å². The lowest BCUT2D eigenvalue weighted by atomic mass is 10.0. The van der Waals surface area contributed by atoms with E-state index in [-0.39, 0.29) is 6.10 Å². The minimum atomic E-state index is -0.365. The van der Waals surface area contributed by atoms with Crippen LogP contribution in [0.3, 0.4) is 0 Å². The fourth-order valence-corrected chi connectivity index (χ4v) is 2.67. The van der Waals surface area contributed by atoms with Crippen LogP contribution in [0.4, 0.5) is 5.69 Å². The summed E-state index contributed by atoms with van der Waals surface area (Å²) in [5, 5.41) is 9.48. The SMILES string of the molecule is CCCC1CCN(c2ccc([C@@H](C)O)cc2)C1. The van der Waals surface area contributed by atoms with Gasteiger partial charge < -0.3 is 10.0 Å².